The topological polar surface area (TPSA) is 79.7 Å². The van der Waals surface area contributed by atoms with Crippen LogP contribution in [0.3, 0.4) is 0 Å². The summed E-state index contributed by atoms with van der Waals surface area (Å²) in [5.74, 6) is 1.20. The van der Waals surface area contributed by atoms with Crippen LogP contribution in [0.4, 0.5) is 11.9 Å². The first-order chi connectivity index (χ1) is 10.2. The Balaban J connectivity index is 2.29. The fraction of sp³-hybridized carbons (Fsp3) is 0.462. The molecule has 0 bridgehead atoms. The molecule has 0 aliphatic rings. The lowest BCUT2D eigenvalue weighted by molar-refractivity contribution is 0.783. The van der Waals surface area contributed by atoms with Gasteiger partial charge in [0.1, 0.15) is 0 Å². The Morgan fingerprint density at radius 3 is 2.29 bits per heavy atom. The van der Waals surface area contributed by atoms with E-state index in [9.17, 15) is 0 Å². The number of aromatic nitrogens is 5. The minimum absolute atomic E-state index is 0.543. The molecule has 2 aromatic rings. The lowest BCUT2D eigenvalue weighted by Crippen LogP contribution is -2.25. The lowest BCUT2D eigenvalue weighted by Gasteiger charge is -2.19. The molecule has 21 heavy (non-hydrogen) atoms. The van der Waals surface area contributed by atoms with Gasteiger partial charge in [0.2, 0.25) is 17.1 Å². The summed E-state index contributed by atoms with van der Waals surface area (Å²) >= 11 is 1.33. The van der Waals surface area contributed by atoms with Crippen molar-refractivity contribution in [2.24, 2.45) is 0 Å². The van der Waals surface area contributed by atoms with Crippen LogP contribution in [-0.4, -0.2) is 45.1 Å². The first kappa shape index (κ1) is 15.4. The highest BCUT2D eigenvalue weighted by molar-refractivity contribution is 7.99. The van der Waals surface area contributed by atoms with Crippen molar-refractivity contribution in [3.8, 4) is 0 Å². The van der Waals surface area contributed by atoms with Gasteiger partial charge in [-0.1, -0.05) is 0 Å². The fourth-order valence-corrected chi connectivity index (χ4v) is 2.30. The third kappa shape index (κ3) is 4.01. The Labute approximate surface area is 128 Å². The van der Waals surface area contributed by atoms with Gasteiger partial charge in [-0.25, -0.2) is 9.97 Å². The zero-order valence-electron chi connectivity index (χ0n) is 12.7. The van der Waals surface area contributed by atoms with Crippen LogP contribution in [0, 0.1) is 6.92 Å². The molecule has 1 N–H and O–H groups in total. The highest BCUT2D eigenvalue weighted by atomic mass is 32.2. The molecule has 0 spiro atoms. The van der Waals surface area contributed by atoms with Gasteiger partial charge in [-0.3, -0.25) is 0 Å². The molecule has 2 heterocycles. The van der Waals surface area contributed by atoms with Gasteiger partial charge in [0.05, 0.1) is 0 Å². The van der Waals surface area contributed by atoms with Crippen molar-refractivity contribution >= 4 is 23.7 Å². The average Bonchev–Trinajstić information content (AvgIpc) is 2.50. The van der Waals surface area contributed by atoms with E-state index in [0.29, 0.717) is 22.2 Å². The monoisotopic (exact) mass is 305 g/mol. The summed E-state index contributed by atoms with van der Waals surface area (Å²) in [6.45, 7) is 7.78. The molecular formula is C13H19N7S. The SMILES string of the molecule is CCN(CC)c1nc(NC)nc(Sc2ncc(C)cn2)n1. The standard InChI is InChI=1S/C13H19N7S/c1-5-20(6-2)11-17-10(14-4)18-13(19-11)21-12-15-7-9(3)8-16-12/h7-8H,5-6H2,1-4H3,(H,14,17,18,19). The van der Waals surface area contributed by atoms with Gasteiger partial charge in [-0.2, -0.15) is 15.0 Å². The second-order valence-electron chi connectivity index (χ2n) is 4.31. The molecule has 0 fully saturated rings. The van der Waals surface area contributed by atoms with Crippen molar-refractivity contribution < 1.29 is 0 Å². The Morgan fingerprint density at radius 1 is 1.05 bits per heavy atom. The third-order valence-electron chi connectivity index (χ3n) is 2.81. The number of hydrogen-bond donors (Lipinski definition) is 1. The molecule has 0 atom stereocenters. The molecule has 0 saturated carbocycles. The zero-order chi connectivity index (χ0) is 15.2. The van der Waals surface area contributed by atoms with Crippen molar-refractivity contribution in [3.63, 3.8) is 0 Å². The van der Waals surface area contributed by atoms with Crippen LogP contribution in [0.25, 0.3) is 0 Å². The van der Waals surface area contributed by atoms with Crippen LogP contribution in [-0.2, 0) is 0 Å². The minimum atomic E-state index is 0.543. The molecule has 0 amide bonds. The van der Waals surface area contributed by atoms with Gasteiger partial charge in [0.15, 0.2) is 5.16 Å². The Kier molecular flexibility index (Phi) is 5.26. The van der Waals surface area contributed by atoms with Crippen molar-refractivity contribution in [2.45, 2.75) is 31.1 Å². The van der Waals surface area contributed by atoms with Crippen LogP contribution in [0.1, 0.15) is 19.4 Å². The van der Waals surface area contributed by atoms with Crippen molar-refractivity contribution in [1.29, 1.82) is 0 Å². The van der Waals surface area contributed by atoms with Gasteiger partial charge >= 0.3 is 0 Å². The summed E-state index contributed by atoms with van der Waals surface area (Å²) in [7, 11) is 1.79. The van der Waals surface area contributed by atoms with Crippen molar-refractivity contribution in [3.05, 3.63) is 18.0 Å². The van der Waals surface area contributed by atoms with Crippen molar-refractivity contribution in [1.82, 2.24) is 24.9 Å². The molecule has 8 heteroatoms. The van der Waals surface area contributed by atoms with E-state index in [4.69, 9.17) is 0 Å². The molecule has 0 aliphatic heterocycles. The average molecular weight is 305 g/mol. The van der Waals surface area contributed by atoms with Crippen LogP contribution in [0.5, 0.6) is 0 Å². The first-order valence-electron chi connectivity index (χ1n) is 6.81. The van der Waals surface area contributed by atoms with E-state index in [1.54, 1.807) is 19.4 Å². The van der Waals surface area contributed by atoms with Gasteiger partial charge in [0, 0.05) is 32.5 Å². The highest BCUT2D eigenvalue weighted by Gasteiger charge is 2.12. The van der Waals surface area contributed by atoms with Gasteiger partial charge < -0.3 is 10.2 Å². The second kappa shape index (κ2) is 7.16. The molecule has 0 aliphatic carbocycles. The maximum absolute atomic E-state index is 4.49. The van der Waals surface area contributed by atoms with Gasteiger partial charge in [0.25, 0.3) is 0 Å². The Bertz CT molecular complexity index is 584. The zero-order valence-corrected chi connectivity index (χ0v) is 13.5. The molecule has 7 nitrogen and oxygen atoms in total. The summed E-state index contributed by atoms with van der Waals surface area (Å²) in [5.41, 5.74) is 1.02. The number of hydrogen-bond acceptors (Lipinski definition) is 8. The van der Waals surface area contributed by atoms with Gasteiger partial charge in [-0.15, -0.1) is 0 Å². The van der Waals surface area contributed by atoms with E-state index in [0.717, 1.165) is 18.7 Å². The maximum atomic E-state index is 4.49. The predicted octanol–water partition coefficient (Wildman–Crippen LogP) is 2.01. The molecule has 0 unspecified atom stereocenters. The smallest absolute Gasteiger partial charge is 0.231 e. The van der Waals surface area contributed by atoms with Crippen LogP contribution >= 0.6 is 11.8 Å². The summed E-state index contributed by atoms with van der Waals surface area (Å²) in [4.78, 5) is 23.8. The van der Waals surface area contributed by atoms with E-state index in [2.05, 4.69) is 49.0 Å². The highest BCUT2D eigenvalue weighted by Crippen LogP contribution is 2.23. The quantitative estimate of drug-likeness (QED) is 0.812. The summed E-state index contributed by atoms with van der Waals surface area (Å²) < 4.78 is 0. The van der Waals surface area contributed by atoms with Gasteiger partial charge in [-0.05, 0) is 38.1 Å². The lowest BCUT2D eigenvalue weighted by atomic mass is 10.4. The third-order valence-corrected chi connectivity index (χ3v) is 3.57. The largest absolute Gasteiger partial charge is 0.357 e. The maximum Gasteiger partial charge on any atom is 0.231 e. The molecular weight excluding hydrogens is 286 g/mol. The molecule has 2 aromatic heterocycles. The second-order valence-corrected chi connectivity index (χ2v) is 5.24. The van der Waals surface area contributed by atoms with Crippen LogP contribution < -0.4 is 10.2 Å². The van der Waals surface area contributed by atoms with Crippen LogP contribution in [0.15, 0.2) is 22.7 Å². The van der Waals surface area contributed by atoms with E-state index >= 15 is 0 Å². The van der Waals surface area contributed by atoms with E-state index in [1.807, 2.05) is 6.92 Å². The first-order valence-corrected chi connectivity index (χ1v) is 7.63. The Morgan fingerprint density at radius 2 is 1.71 bits per heavy atom. The fourth-order valence-electron chi connectivity index (χ4n) is 1.67. The number of nitrogens with zero attached hydrogens (tertiary/aromatic N) is 6. The number of nitrogens with one attached hydrogen (secondary N) is 1. The molecule has 0 aromatic carbocycles. The molecule has 112 valence electrons. The van der Waals surface area contributed by atoms with E-state index < -0.39 is 0 Å². The van der Waals surface area contributed by atoms with Crippen LogP contribution in [0.2, 0.25) is 0 Å². The molecule has 0 radical (unpaired) electrons. The number of aryl methyl sites for hydroxylation is 1. The van der Waals surface area contributed by atoms with E-state index in [1.165, 1.54) is 11.8 Å². The minimum Gasteiger partial charge on any atom is -0.357 e. The molecule has 2 rings (SSSR count). The predicted molar refractivity (Wildman–Crippen MR) is 83.8 cm³/mol. The summed E-state index contributed by atoms with van der Waals surface area (Å²) in [6, 6.07) is 0. The Hall–Kier alpha value is -1.96. The van der Waals surface area contributed by atoms with E-state index in [-0.39, 0.29) is 0 Å². The number of anilines is 2. The van der Waals surface area contributed by atoms with Crippen molar-refractivity contribution in [2.75, 3.05) is 30.4 Å². The molecule has 0 saturated heterocycles. The summed E-state index contributed by atoms with van der Waals surface area (Å²) in [6.07, 6.45) is 3.56. The number of rotatable bonds is 6. The normalized spacial score (nSPS) is 10.5. The summed E-state index contributed by atoms with van der Waals surface area (Å²) in [5, 5.41) is 4.17.